The second-order valence-corrected chi connectivity index (χ2v) is 6.01. The van der Waals surface area contributed by atoms with Crippen LogP contribution in [0.4, 0.5) is 5.69 Å². The van der Waals surface area contributed by atoms with Crippen LogP contribution in [0.25, 0.3) is 0 Å². The Morgan fingerprint density at radius 3 is 2.46 bits per heavy atom. The monoisotopic (exact) mass is 326 g/mol. The van der Waals surface area contributed by atoms with Gasteiger partial charge in [0.1, 0.15) is 5.75 Å². The molecule has 0 unspecified atom stereocenters. The number of benzene rings is 2. The van der Waals surface area contributed by atoms with Gasteiger partial charge in [-0.3, -0.25) is 9.69 Å². The van der Waals surface area contributed by atoms with Crippen molar-refractivity contribution in [2.45, 2.75) is 27.3 Å². The number of anilines is 1. The molecule has 0 bridgehead atoms. The molecule has 4 nitrogen and oxygen atoms in total. The first-order valence-corrected chi connectivity index (χ1v) is 8.24. The van der Waals surface area contributed by atoms with Crippen LogP contribution >= 0.6 is 0 Å². The first-order chi connectivity index (χ1) is 11.5. The number of amides is 1. The minimum absolute atomic E-state index is 0.00711. The van der Waals surface area contributed by atoms with Crippen LogP contribution in [-0.2, 0) is 11.3 Å². The zero-order valence-electron chi connectivity index (χ0n) is 14.9. The smallest absolute Gasteiger partial charge is 0.238 e. The molecule has 2 aromatic carbocycles. The standard InChI is InChI=1S/C20H26N2O2/c1-5-22(13-17-12-15(2)6-7-16(17)3)14-20(23)21-18-8-10-19(24-4)11-9-18/h6-12H,5,13-14H2,1-4H3,(H,21,23). The Morgan fingerprint density at radius 2 is 1.83 bits per heavy atom. The van der Waals surface area contributed by atoms with E-state index in [2.05, 4.69) is 49.2 Å². The van der Waals surface area contributed by atoms with Crippen LogP contribution in [0.1, 0.15) is 23.6 Å². The number of hydrogen-bond donors (Lipinski definition) is 1. The van der Waals surface area contributed by atoms with Crippen LogP contribution in [-0.4, -0.2) is 31.0 Å². The molecule has 0 saturated heterocycles. The molecule has 0 aliphatic carbocycles. The average molecular weight is 326 g/mol. The predicted octanol–water partition coefficient (Wildman–Crippen LogP) is 3.77. The van der Waals surface area contributed by atoms with Crippen LogP contribution in [0, 0.1) is 13.8 Å². The summed E-state index contributed by atoms with van der Waals surface area (Å²) in [6.45, 7) is 8.25. The maximum absolute atomic E-state index is 12.3. The van der Waals surface area contributed by atoms with E-state index in [1.54, 1.807) is 7.11 Å². The summed E-state index contributed by atoms with van der Waals surface area (Å²) in [6.07, 6.45) is 0. The second-order valence-electron chi connectivity index (χ2n) is 6.01. The van der Waals surface area contributed by atoms with Crippen LogP contribution in [0.15, 0.2) is 42.5 Å². The molecular weight excluding hydrogens is 300 g/mol. The Balaban J connectivity index is 1.95. The van der Waals surface area contributed by atoms with E-state index in [1.807, 2.05) is 24.3 Å². The largest absolute Gasteiger partial charge is 0.497 e. The van der Waals surface area contributed by atoms with Gasteiger partial charge in [0.25, 0.3) is 0 Å². The molecule has 0 radical (unpaired) electrons. The summed E-state index contributed by atoms with van der Waals surface area (Å²) < 4.78 is 5.12. The summed E-state index contributed by atoms with van der Waals surface area (Å²) in [7, 11) is 1.62. The van der Waals surface area contributed by atoms with Gasteiger partial charge in [-0.15, -0.1) is 0 Å². The quantitative estimate of drug-likeness (QED) is 0.842. The van der Waals surface area contributed by atoms with E-state index in [4.69, 9.17) is 4.74 Å². The molecule has 0 fully saturated rings. The third kappa shape index (κ3) is 5.10. The van der Waals surface area contributed by atoms with Gasteiger partial charge >= 0.3 is 0 Å². The fourth-order valence-corrected chi connectivity index (χ4v) is 2.57. The number of rotatable bonds is 7. The maximum atomic E-state index is 12.3. The highest BCUT2D eigenvalue weighted by Gasteiger charge is 2.11. The number of methoxy groups -OCH3 is 1. The number of carbonyl (C=O) groups excluding carboxylic acids is 1. The van der Waals surface area contributed by atoms with Gasteiger partial charge in [-0.25, -0.2) is 0 Å². The minimum Gasteiger partial charge on any atom is -0.497 e. The van der Waals surface area contributed by atoms with E-state index in [9.17, 15) is 4.79 Å². The number of hydrogen-bond acceptors (Lipinski definition) is 3. The van der Waals surface area contributed by atoms with Crippen molar-refractivity contribution in [2.24, 2.45) is 0 Å². The molecule has 1 amide bonds. The molecule has 0 aliphatic rings. The van der Waals surface area contributed by atoms with E-state index >= 15 is 0 Å². The summed E-state index contributed by atoms with van der Waals surface area (Å²) in [5.41, 5.74) is 4.56. The lowest BCUT2D eigenvalue weighted by atomic mass is 10.1. The van der Waals surface area contributed by atoms with Gasteiger partial charge in [0.15, 0.2) is 0 Å². The molecule has 2 aromatic rings. The van der Waals surface area contributed by atoms with Crippen molar-refractivity contribution in [2.75, 3.05) is 25.5 Å². The molecule has 4 heteroatoms. The first kappa shape index (κ1) is 18.0. The van der Waals surface area contributed by atoms with Crippen molar-refractivity contribution in [3.8, 4) is 5.75 Å². The molecule has 0 spiro atoms. The molecule has 1 N–H and O–H groups in total. The summed E-state index contributed by atoms with van der Waals surface area (Å²) in [6, 6.07) is 13.8. The molecule has 0 atom stereocenters. The molecule has 0 aromatic heterocycles. The van der Waals surface area contributed by atoms with E-state index in [1.165, 1.54) is 16.7 Å². The zero-order chi connectivity index (χ0) is 17.5. The Morgan fingerprint density at radius 1 is 1.12 bits per heavy atom. The van der Waals surface area contributed by atoms with E-state index in [0.717, 1.165) is 24.5 Å². The highest BCUT2D eigenvalue weighted by atomic mass is 16.5. The molecular formula is C20H26N2O2. The normalized spacial score (nSPS) is 10.7. The van der Waals surface area contributed by atoms with Gasteiger partial charge in [0, 0.05) is 12.2 Å². The Kier molecular flexibility index (Phi) is 6.38. The highest BCUT2D eigenvalue weighted by molar-refractivity contribution is 5.92. The topological polar surface area (TPSA) is 41.6 Å². The molecule has 0 saturated carbocycles. The van der Waals surface area contributed by atoms with Crippen LogP contribution in [0.5, 0.6) is 5.75 Å². The summed E-state index contributed by atoms with van der Waals surface area (Å²) in [4.78, 5) is 14.4. The lowest BCUT2D eigenvalue weighted by Crippen LogP contribution is -2.33. The molecule has 128 valence electrons. The Hall–Kier alpha value is -2.33. The van der Waals surface area contributed by atoms with Gasteiger partial charge in [-0.1, -0.05) is 30.7 Å². The number of nitrogens with zero attached hydrogens (tertiary/aromatic N) is 1. The predicted molar refractivity (Wildman–Crippen MR) is 98.5 cm³/mol. The lowest BCUT2D eigenvalue weighted by Gasteiger charge is -2.21. The van der Waals surface area contributed by atoms with Crippen molar-refractivity contribution in [3.63, 3.8) is 0 Å². The fraction of sp³-hybridized carbons (Fsp3) is 0.350. The van der Waals surface area contributed by atoms with Crippen molar-refractivity contribution in [1.29, 1.82) is 0 Å². The third-order valence-electron chi connectivity index (χ3n) is 4.09. The van der Waals surface area contributed by atoms with E-state index < -0.39 is 0 Å². The maximum Gasteiger partial charge on any atom is 0.238 e. The number of ether oxygens (including phenoxy) is 1. The summed E-state index contributed by atoms with van der Waals surface area (Å²) in [5.74, 6) is 0.769. The lowest BCUT2D eigenvalue weighted by molar-refractivity contribution is -0.117. The number of nitrogens with one attached hydrogen (secondary N) is 1. The van der Waals surface area contributed by atoms with Crippen molar-refractivity contribution < 1.29 is 9.53 Å². The average Bonchev–Trinajstić information content (AvgIpc) is 2.58. The van der Waals surface area contributed by atoms with Crippen molar-refractivity contribution >= 4 is 11.6 Å². The number of aryl methyl sites for hydroxylation is 2. The van der Waals surface area contributed by atoms with Crippen LogP contribution < -0.4 is 10.1 Å². The SMILES string of the molecule is CCN(CC(=O)Nc1ccc(OC)cc1)Cc1cc(C)ccc1C. The summed E-state index contributed by atoms with van der Waals surface area (Å²) in [5, 5.41) is 2.93. The first-order valence-electron chi connectivity index (χ1n) is 8.24. The molecule has 24 heavy (non-hydrogen) atoms. The molecule has 0 heterocycles. The van der Waals surface area contributed by atoms with E-state index in [-0.39, 0.29) is 5.91 Å². The fourth-order valence-electron chi connectivity index (χ4n) is 2.57. The number of likely N-dealkylation sites (N-methyl/N-ethyl adjacent to an activating group) is 1. The van der Waals surface area contributed by atoms with Gasteiger partial charge < -0.3 is 10.1 Å². The Bertz CT molecular complexity index is 681. The van der Waals surface area contributed by atoms with Gasteiger partial charge in [0.05, 0.1) is 13.7 Å². The minimum atomic E-state index is -0.00711. The second kappa shape index (κ2) is 8.50. The van der Waals surface area contributed by atoms with Crippen LogP contribution in [0.3, 0.4) is 0 Å². The highest BCUT2D eigenvalue weighted by Crippen LogP contribution is 2.16. The van der Waals surface area contributed by atoms with Crippen LogP contribution in [0.2, 0.25) is 0 Å². The van der Waals surface area contributed by atoms with E-state index in [0.29, 0.717) is 6.54 Å². The molecule has 0 aliphatic heterocycles. The number of carbonyl (C=O) groups is 1. The zero-order valence-corrected chi connectivity index (χ0v) is 14.9. The van der Waals surface area contributed by atoms with Crippen molar-refractivity contribution in [1.82, 2.24) is 4.90 Å². The van der Waals surface area contributed by atoms with Gasteiger partial charge in [0.2, 0.25) is 5.91 Å². The molecule has 2 rings (SSSR count). The third-order valence-corrected chi connectivity index (χ3v) is 4.09. The van der Waals surface area contributed by atoms with Gasteiger partial charge in [-0.2, -0.15) is 0 Å². The van der Waals surface area contributed by atoms with Crippen molar-refractivity contribution in [3.05, 3.63) is 59.2 Å². The Labute approximate surface area is 144 Å². The van der Waals surface area contributed by atoms with Gasteiger partial charge in [-0.05, 0) is 55.8 Å². The summed E-state index contributed by atoms with van der Waals surface area (Å²) >= 11 is 0.